The first-order valence-electron chi connectivity index (χ1n) is 6.84. The van der Waals surface area contributed by atoms with Crippen molar-refractivity contribution in [3.05, 3.63) is 23.8 Å². The largest absolute Gasteiger partial charge is 0.454 e. The van der Waals surface area contributed by atoms with E-state index in [4.69, 9.17) is 9.47 Å². The molecule has 0 N–H and O–H groups in total. The first-order valence-corrected chi connectivity index (χ1v) is 7.97. The molecule has 0 aliphatic carbocycles. The van der Waals surface area contributed by atoms with Gasteiger partial charge in [-0.05, 0) is 37.0 Å². The third-order valence-corrected chi connectivity index (χ3v) is 3.85. The predicted molar refractivity (Wildman–Crippen MR) is 77.8 cm³/mol. The van der Waals surface area contributed by atoms with Crippen molar-refractivity contribution in [3.63, 3.8) is 0 Å². The summed E-state index contributed by atoms with van der Waals surface area (Å²) in [6.07, 6.45) is 9.14. The normalized spacial score (nSPS) is 12.9. The van der Waals surface area contributed by atoms with Gasteiger partial charge in [0.25, 0.3) is 0 Å². The molecule has 0 fully saturated rings. The van der Waals surface area contributed by atoms with E-state index in [0.717, 1.165) is 23.2 Å². The Balaban J connectivity index is 1.62. The summed E-state index contributed by atoms with van der Waals surface area (Å²) in [6.45, 7) is 0.367. The molecule has 3 heteroatoms. The summed E-state index contributed by atoms with van der Waals surface area (Å²) in [5.41, 5.74) is 1.36. The standard InChI is InChI=1S/C15H21BrO2/c16-10-6-4-2-1-3-5-7-13-8-9-14-15(11-13)18-12-17-14/h8-9,11H,1-7,10,12H2. The number of rotatable bonds is 8. The minimum Gasteiger partial charge on any atom is -0.454 e. The molecule has 2 nitrogen and oxygen atoms in total. The second-order valence-corrected chi connectivity index (χ2v) is 5.54. The van der Waals surface area contributed by atoms with Gasteiger partial charge in [0.1, 0.15) is 0 Å². The van der Waals surface area contributed by atoms with Crippen LogP contribution in [0, 0.1) is 0 Å². The van der Waals surface area contributed by atoms with Gasteiger partial charge >= 0.3 is 0 Å². The monoisotopic (exact) mass is 312 g/mol. The van der Waals surface area contributed by atoms with E-state index in [1.807, 2.05) is 6.07 Å². The van der Waals surface area contributed by atoms with E-state index in [1.165, 1.54) is 44.1 Å². The molecule has 0 spiro atoms. The predicted octanol–water partition coefficient (Wildman–Crippen LogP) is 4.69. The molecule has 18 heavy (non-hydrogen) atoms. The summed E-state index contributed by atoms with van der Waals surface area (Å²) in [6, 6.07) is 6.29. The molecule has 0 saturated carbocycles. The zero-order valence-electron chi connectivity index (χ0n) is 10.8. The van der Waals surface area contributed by atoms with E-state index < -0.39 is 0 Å². The number of alkyl halides is 1. The van der Waals surface area contributed by atoms with Crippen molar-refractivity contribution in [3.8, 4) is 11.5 Å². The number of halogens is 1. The molecule has 0 bridgehead atoms. The molecule has 0 amide bonds. The van der Waals surface area contributed by atoms with Crippen molar-refractivity contribution in [2.24, 2.45) is 0 Å². The molecule has 1 aliphatic heterocycles. The van der Waals surface area contributed by atoms with Gasteiger partial charge < -0.3 is 9.47 Å². The van der Waals surface area contributed by atoms with Crippen LogP contribution in [0.4, 0.5) is 0 Å². The van der Waals surface area contributed by atoms with Crippen LogP contribution in [-0.4, -0.2) is 12.1 Å². The van der Waals surface area contributed by atoms with Gasteiger partial charge in [0.2, 0.25) is 6.79 Å². The molecule has 1 aromatic carbocycles. The zero-order valence-corrected chi connectivity index (χ0v) is 12.4. The van der Waals surface area contributed by atoms with E-state index in [-0.39, 0.29) is 0 Å². The van der Waals surface area contributed by atoms with Gasteiger partial charge in [-0.3, -0.25) is 0 Å². The van der Waals surface area contributed by atoms with Crippen molar-refractivity contribution in [1.82, 2.24) is 0 Å². The summed E-state index contributed by atoms with van der Waals surface area (Å²) < 4.78 is 10.7. The van der Waals surface area contributed by atoms with Gasteiger partial charge in [0, 0.05) is 5.33 Å². The van der Waals surface area contributed by atoms with Crippen molar-refractivity contribution in [1.29, 1.82) is 0 Å². The van der Waals surface area contributed by atoms with Crippen molar-refractivity contribution >= 4 is 15.9 Å². The Bertz CT molecular complexity index is 366. The fourth-order valence-electron chi connectivity index (χ4n) is 2.23. The zero-order chi connectivity index (χ0) is 12.6. The molecule has 1 aliphatic rings. The lowest BCUT2D eigenvalue weighted by atomic mass is 10.0. The fourth-order valence-corrected chi connectivity index (χ4v) is 2.62. The minimum absolute atomic E-state index is 0.367. The van der Waals surface area contributed by atoms with Crippen LogP contribution in [0.15, 0.2) is 18.2 Å². The molecular weight excluding hydrogens is 292 g/mol. The summed E-state index contributed by atoms with van der Waals surface area (Å²) in [4.78, 5) is 0. The minimum atomic E-state index is 0.367. The molecule has 1 aromatic rings. The maximum Gasteiger partial charge on any atom is 0.231 e. The molecule has 100 valence electrons. The second kappa shape index (κ2) is 7.67. The SMILES string of the molecule is BrCCCCCCCCc1ccc2c(c1)OCO2. The van der Waals surface area contributed by atoms with Crippen molar-refractivity contribution < 1.29 is 9.47 Å². The maximum atomic E-state index is 5.38. The first-order chi connectivity index (χ1) is 8.90. The number of hydrogen-bond donors (Lipinski definition) is 0. The highest BCUT2D eigenvalue weighted by molar-refractivity contribution is 9.09. The molecule has 0 saturated heterocycles. The molecule has 0 radical (unpaired) electrons. The van der Waals surface area contributed by atoms with Crippen LogP contribution in [-0.2, 0) is 6.42 Å². The topological polar surface area (TPSA) is 18.5 Å². The number of benzene rings is 1. The molecule has 1 heterocycles. The van der Waals surface area contributed by atoms with E-state index in [0.29, 0.717) is 6.79 Å². The molecule has 0 atom stereocenters. The quantitative estimate of drug-likeness (QED) is 0.512. The van der Waals surface area contributed by atoms with Gasteiger partial charge in [-0.2, -0.15) is 0 Å². The van der Waals surface area contributed by atoms with Crippen LogP contribution in [0.25, 0.3) is 0 Å². The Hall–Kier alpha value is -0.700. The van der Waals surface area contributed by atoms with Gasteiger partial charge in [-0.25, -0.2) is 0 Å². The summed E-state index contributed by atoms with van der Waals surface area (Å²) in [7, 11) is 0. The van der Waals surface area contributed by atoms with Crippen molar-refractivity contribution in [2.45, 2.75) is 44.9 Å². The number of fused-ring (bicyclic) bond motifs is 1. The van der Waals surface area contributed by atoms with E-state index in [1.54, 1.807) is 0 Å². The fraction of sp³-hybridized carbons (Fsp3) is 0.600. The summed E-state index contributed by atoms with van der Waals surface area (Å²) >= 11 is 3.47. The summed E-state index contributed by atoms with van der Waals surface area (Å²) in [5.74, 6) is 1.79. The van der Waals surface area contributed by atoms with Crippen LogP contribution in [0.1, 0.15) is 44.1 Å². The van der Waals surface area contributed by atoms with Crippen molar-refractivity contribution in [2.75, 3.05) is 12.1 Å². The Morgan fingerprint density at radius 2 is 1.61 bits per heavy atom. The third kappa shape index (κ3) is 4.20. The van der Waals surface area contributed by atoms with Crippen LogP contribution >= 0.6 is 15.9 Å². The van der Waals surface area contributed by atoms with Crippen LogP contribution < -0.4 is 9.47 Å². The summed E-state index contributed by atoms with van der Waals surface area (Å²) in [5, 5.41) is 1.14. The smallest absolute Gasteiger partial charge is 0.231 e. The van der Waals surface area contributed by atoms with E-state index in [2.05, 4.69) is 28.1 Å². The van der Waals surface area contributed by atoms with Crippen LogP contribution in [0.3, 0.4) is 0 Å². The Labute approximate surface area is 118 Å². The highest BCUT2D eigenvalue weighted by Crippen LogP contribution is 2.32. The van der Waals surface area contributed by atoms with Gasteiger partial charge in [-0.1, -0.05) is 47.7 Å². The van der Waals surface area contributed by atoms with Crippen LogP contribution in [0.2, 0.25) is 0 Å². The highest BCUT2D eigenvalue weighted by atomic mass is 79.9. The van der Waals surface area contributed by atoms with E-state index in [9.17, 15) is 0 Å². The van der Waals surface area contributed by atoms with Gasteiger partial charge in [0.15, 0.2) is 11.5 Å². The molecular formula is C15H21BrO2. The molecule has 0 aromatic heterocycles. The molecule has 0 unspecified atom stereocenters. The third-order valence-electron chi connectivity index (χ3n) is 3.29. The van der Waals surface area contributed by atoms with Crippen LogP contribution in [0.5, 0.6) is 11.5 Å². The Morgan fingerprint density at radius 3 is 2.44 bits per heavy atom. The number of aryl methyl sites for hydroxylation is 1. The van der Waals surface area contributed by atoms with Gasteiger partial charge in [0.05, 0.1) is 0 Å². The Kier molecular flexibility index (Phi) is 5.85. The average Bonchev–Trinajstić information content (AvgIpc) is 2.85. The lowest BCUT2D eigenvalue weighted by molar-refractivity contribution is 0.174. The molecule has 2 rings (SSSR count). The number of hydrogen-bond acceptors (Lipinski definition) is 2. The number of unbranched alkanes of at least 4 members (excludes halogenated alkanes) is 5. The second-order valence-electron chi connectivity index (χ2n) is 4.75. The number of ether oxygens (including phenoxy) is 2. The first kappa shape index (κ1) is 13.7. The van der Waals surface area contributed by atoms with Gasteiger partial charge in [-0.15, -0.1) is 0 Å². The average molecular weight is 313 g/mol. The Morgan fingerprint density at radius 1 is 0.889 bits per heavy atom. The lowest BCUT2D eigenvalue weighted by Crippen LogP contribution is -1.93. The van der Waals surface area contributed by atoms with E-state index >= 15 is 0 Å². The maximum absolute atomic E-state index is 5.38. The lowest BCUT2D eigenvalue weighted by Gasteiger charge is -2.03. The highest BCUT2D eigenvalue weighted by Gasteiger charge is 2.12.